The maximum absolute atomic E-state index is 13.3. The van der Waals surface area contributed by atoms with Gasteiger partial charge in [-0.2, -0.15) is 5.26 Å². The third-order valence-electron chi connectivity index (χ3n) is 7.08. The summed E-state index contributed by atoms with van der Waals surface area (Å²) in [5.41, 5.74) is 4.20. The number of methoxy groups -OCH3 is 1. The van der Waals surface area contributed by atoms with Crippen LogP contribution >= 0.6 is 0 Å². The summed E-state index contributed by atoms with van der Waals surface area (Å²) in [6, 6.07) is 16.0. The third kappa shape index (κ3) is 4.38. The summed E-state index contributed by atoms with van der Waals surface area (Å²) in [5, 5.41) is 12.9. The molecule has 186 valence electrons. The molecule has 2 aromatic carbocycles. The van der Waals surface area contributed by atoms with Gasteiger partial charge in [0.15, 0.2) is 11.5 Å². The molecule has 2 aliphatic heterocycles. The number of nitrogens with one attached hydrogen (secondary N) is 1. The smallest absolute Gasteiger partial charge is 0.239 e. The molecule has 0 unspecified atom stereocenters. The quantitative estimate of drug-likeness (QED) is 0.551. The monoisotopic (exact) mass is 486 g/mol. The number of fused-ring (bicyclic) bond motifs is 1. The molecular weight excluding hydrogens is 456 g/mol. The van der Waals surface area contributed by atoms with Crippen LogP contribution in [0.2, 0.25) is 0 Å². The van der Waals surface area contributed by atoms with Gasteiger partial charge < -0.3 is 19.5 Å². The van der Waals surface area contributed by atoms with Crippen molar-refractivity contribution in [3.63, 3.8) is 0 Å². The fourth-order valence-corrected chi connectivity index (χ4v) is 5.13. The van der Waals surface area contributed by atoms with Crippen LogP contribution in [-0.2, 0) is 4.79 Å². The second kappa shape index (κ2) is 9.96. The van der Waals surface area contributed by atoms with Crippen LogP contribution in [0.3, 0.4) is 0 Å². The standard InChI is InChI=1S/C28H30N4O4/c1-18-19(2)32(21-7-9-22(34-3)10-8-21)28(23(18)16-29)30-27(33)17-31-12-4-5-24(31)20-6-11-25-26(15-20)36-14-13-35-25/h6-11,15,24H,4-5,12-14,17H2,1-3H3,(H,30,33)/t24-/m0/s1. The average Bonchev–Trinajstić information content (AvgIpc) is 3.45. The third-order valence-corrected chi connectivity index (χ3v) is 7.08. The molecule has 0 aliphatic carbocycles. The minimum atomic E-state index is -0.150. The molecule has 1 atom stereocenters. The summed E-state index contributed by atoms with van der Waals surface area (Å²) in [5.74, 6) is 2.62. The summed E-state index contributed by atoms with van der Waals surface area (Å²) in [6.07, 6.45) is 1.98. The molecule has 1 fully saturated rings. The first-order valence-corrected chi connectivity index (χ1v) is 12.2. The molecule has 8 nitrogen and oxygen atoms in total. The average molecular weight is 487 g/mol. The molecule has 0 radical (unpaired) electrons. The van der Waals surface area contributed by atoms with Gasteiger partial charge in [-0.15, -0.1) is 0 Å². The minimum Gasteiger partial charge on any atom is -0.497 e. The number of amides is 1. The van der Waals surface area contributed by atoms with Crippen LogP contribution in [0, 0.1) is 25.2 Å². The number of benzene rings is 2. The Bertz CT molecular complexity index is 1320. The first kappa shape index (κ1) is 23.8. The lowest BCUT2D eigenvalue weighted by Gasteiger charge is -2.26. The predicted octanol–water partition coefficient (Wildman–Crippen LogP) is 4.52. The van der Waals surface area contributed by atoms with E-state index in [1.54, 1.807) is 7.11 Å². The van der Waals surface area contributed by atoms with E-state index in [2.05, 4.69) is 22.4 Å². The van der Waals surface area contributed by atoms with E-state index in [4.69, 9.17) is 14.2 Å². The summed E-state index contributed by atoms with van der Waals surface area (Å²) >= 11 is 0. The lowest BCUT2D eigenvalue weighted by Crippen LogP contribution is -2.33. The highest BCUT2D eigenvalue weighted by Gasteiger charge is 2.30. The second-order valence-corrected chi connectivity index (χ2v) is 9.16. The number of anilines is 1. The normalized spacial score (nSPS) is 17.0. The highest BCUT2D eigenvalue weighted by molar-refractivity contribution is 5.93. The van der Waals surface area contributed by atoms with E-state index in [-0.39, 0.29) is 18.5 Å². The van der Waals surface area contributed by atoms with Crippen LogP contribution in [0.1, 0.15) is 41.3 Å². The van der Waals surface area contributed by atoms with Gasteiger partial charge in [0.1, 0.15) is 30.9 Å². The van der Waals surface area contributed by atoms with E-state index in [0.717, 1.165) is 59.1 Å². The SMILES string of the molecule is COc1ccc(-n2c(C)c(C)c(C#N)c2NC(=O)CN2CCC[C@H]2c2ccc3c(c2)OCCO3)cc1. The van der Waals surface area contributed by atoms with Crippen molar-refractivity contribution in [1.29, 1.82) is 5.26 Å². The van der Waals surface area contributed by atoms with Crippen molar-refractivity contribution in [1.82, 2.24) is 9.47 Å². The van der Waals surface area contributed by atoms with E-state index >= 15 is 0 Å². The summed E-state index contributed by atoms with van der Waals surface area (Å²) < 4.78 is 18.6. The number of hydrogen-bond acceptors (Lipinski definition) is 6. The molecule has 8 heteroatoms. The fraction of sp³-hybridized carbons (Fsp3) is 0.357. The Balaban J connectivity index is 1.38. The number of carbonyl (C=O) groups is 1. The van der Waals surface area contributed by atoms with Crippen LogP contribution in [0.25, 0.3) is 5.69 Å². The number of carbonyl (C=O) groups excluding carboxylic acids is 1. The van der Waals surface area contributed by atoms with E-state index < -0.39 is 0 Å². The molecule has 1 N–H and O–H groups in total. The number of ether oxygens (including phenoxy) is 3. The number of aromatic nitrogens is 1. The predicted molar refractivity (Wildman–Crippen MR) is 136 cm³/mol. The molecule has 3 heterocycles. The number of nitriles is 1. The lowest BCUT2D eigenvalue weighted by molar-refractivity contribution is -0.117. The molecule has 5 rings (SSSR count). The van der Waals surface area contributed by atoms with Gasteiger partial charge in [0.2, 0.25) is 5.91 Å². The Morgan fingerprint density at radius 1 is 1.14 bits per heavy atom. The Labute approximate surface area is 211 Å². The molecule has 2 aliphatic rings. The van der Waals surface area contributed by atoms with Crippen LogP contribution in [0.15, 0.2) is 42.5 Å². The van der Waals surface area contributed by atoms with Gasteiger partial charge in [-0.3, -0.25) is 14.3 Å². The van der Waals surface area contributed by atoms with Gasteiger partial charge in [-0.05, 0) is 80.8 Å². The number of rotatable bonds is 6. The van der Waals surface area contributed by atoms with Crippen LogP contribution < -0.4 is 19.5 Å². The Morgan fingerprint density at radius 3 is 2.61 bits per heavy atom. The largest absolute Gasteiger partial charge is 0.497 e. The summed E-state index contributed by atoms with van der Waals surface area (Å²) in [6.45, 7) is 6.02. The van der Waals surface area contributed by atoms with Gasteiger partial charge >= 0.3 is 0 Å². The molecule has 0 saturated carbocycles. The molecule has 0 spiro atoms. The number of likely N-dealkylation sites (tertiary alicyclic amines) is 1. The molecule has 1 aromatic heterocycles. The topological polar surface area (TPSA) is 88.8 Å². The van der Waals surface area contributed by atoms with Crippen LogP contribution in [0.4, 0.5) is 5.82 Å². The molecular formula is C28H30N4O4. The van der Waals surface area contributed by atoms with Crippen molar-refractivity contribution in [2.45, 2.75) is 32.7 Å². The maximum atomic E-state index is 13.3. The highest BCUT2D eigenvalue weighted by atomic mass is 16.6. The van der Waals surface area contributed by atoms with Crippen LogP contribution in [0.5, 0.6) is 17.2 Å². The van der Waals surface area contributed by atoms with Gasteiger partial charge in [0.05, 0.1) is 19.2 Å². The fourth-order valence-electron chi connectivity index (χ4n) is 5.13. The molecule has 1 saturated heterocycles. The molecule has 1 amide bonds. The Hall–Kier alpha value is -3.96. The van der Waals surface area contributed by atoms with Crippen molar-refractivity contribution in [3.8, 4) is 29.0 Å². The van der Waals surface area contributed by atoms with Crippen molar-refractivity contribution in [2.24, 2.45) is 0 Å². The highest BCUT2D eigenvalue weighted by Crippen LogP contribution is 2.38. The molecule has 3 aromatic rings. The zero-order chi connectivity index (χ0) is 25.2. The number of hydrogen-bond donors (Lipinski definition) is 1. The Kier molecular flexibility index (Phi) is 6.57. The summed E-state index contributed by atoms with van der Waals surface area (Å²) in [7, 11) is 1.62. The zero-order valence-corrected chi connectivity index (χ0v) is 20.8. The Morgan fingerprint density at radius 2 is 1.89 bits per heavy atom. The first-order valence-electron chi connectivity index (χ1n) is 12.2. The van der Waals surface area contributed by atoms with E-state index in [1.807, 2.05) is 54.8 Å². The zero-order valence-electron chi connectivity index (χ0n) is 20.8. The number of nitrogens with zero attached hydrogens (tertiary/aromatic N) is 3. The van der Waals surface area contributed by atoms with Gasteiger partial charge in [-0.1, -0.05) is 6.07 Å². The second-order valence-electron chi connectivity index (χ2n) is 9.16. The van der Waals surface area contributed by atoms with Gasteiger partial charge in [0.25, 0.3) is 0 Å². The van der Waals surface area contributed by atoms with Crippen LogP contribution in [-0.4, -0.2) is 48.8 Å². The van der Waals surface area contributed by atoms with Crippen molar-refractivity contribution < 1.29 is 19.0 Å². The maximum Gasteiger partial charge on any atom is 0.239 e. The summed E-state index contributed by atoms with van der Waals surface area (Å²) in [4.78, 5) is 15.5. The van der Waals surface area contributed by atoms with E-state index in [9.17, 15) is 10.1 Å². The first-order chi connectivity index (χ1) is 17.5. The van der Waals surface area contributed by atoms with Gasteiger partial charge in [-0.25, -0.2) is 0 Å². The lowest BCUT2D eigenvalue weighted by atomic mass is 10.0. The van der Waals surface area contributed by atoms with E-state index in [1.165, 1.54) is 0 Å². The molecule has 36 heavy (non-hydrogen) atoms. The van der Waals surface area contributed by atoms with Crippen molar-refractivity contribution in [2.75, 3.05) is 38.7 Å². The van der Waals surface area contributed by atoms with Gasteiger partial charge in [0, 0.05) is 17.4 Å². The minimum absolute atomic E-state index is 0.124. The molecule has 0 bridgehead atoms. The van der Waals surface area contributed by atoms with E-state index in [0.29, 0.717) is 24.6 Å². The van der Waals surface area contributed by atoms with Crippen molar-refractivity contribution >= 4 is 11.7 Å². The van der Waals surface area contributed by atoms with Crippen molar-refractivity contribution in [3.05, 3.63) is 64.8 Å².